The van der Waals surface area contributed by atoms with Crippen molar-refractivity contribution in [1.29, 1.82) is 0 Å². The molecule has 272 valence electrons. The van der Waals surface area contributed by atoms with Crippen LogP contribution < -0.4 is 0 Å². The Hall–Kier alpha value is -4.00. The lowest BCUT2D eigenvalue weighted by Gasteiger charge is -2.35. The molecule has 0 amide bonds. The van der Waals surface area contributed by atoms with E-state index in [0.29, 0.717) is 46.4 Å². The lowest BCUT2D eigenvalue weighted by atomic mass is 10.0. The molecule has 13 heteroatoms. The van der Waals surface area contributed by atoms with Crippen LogP contribution >= 0.6 is 0 Å². The summed E-state index contributed by atoms with van der Waals surface area (Å²) < 4.78 is 3.30. The van der Waals surface area contributed by atoms with Crippen molar-refractivity contribution in [2.45, 2.75) is 158 Å². The lowest BCUT2D eigenvalue weighted by molar-refractivity contribution is -0.531. The molecular weight excluding hydrogens is 622 g/mol. The number of aromatic nitrogens is 4. The van der Waals surface area contributed by atoms with Gasteiger partial charge in [0.15, 0.2) is 39.2 Å². The van der Waals surface area contributed by atoms with E-state index in [1.807, 2.05) is 6.92 Å². The summed E-state index contributed by atoms with van der Waals surface area (Å²) in [7, 11) is 0. The van der Waals surface area contributed by atoms with Gasteiger partial charge in [0, 0.05) is 102 Å². The van der Waals surface area contributed by atoms with Gasteiger partial charge in [0.05, 0.1) is 22.8 Å². The third kappa shape index (κ3) is 11.5. The predicted molar refractivity (Wildman–Crippen MR) is 197 cm³/mol. The highest BCUT2D eigenvalue weighted by Gasteiger charge is 2.29. The summed E-state index contributed by atoms with van der Waals surface area (Å²) >= 11 is 0. The summed E-state index contributed by atoms with van der Waals surface area (Å²) in [5, 5.41) is 52.0. The molecule has 0 radical (unpaired) electrons. The zero-order valence-corrected chi connectivity index (χ0v) is 32.9. The number of aryl methyl sites for hydroxylation is 2. The monoisotopic (exact) mass is 681 g/mol. The largest absolute Gasteiger partial charge is 0.623 e. The molecule has 0 unspecified atom stereocenters. The Morgan fingerprint density at radius 3 is 1.18 bits per heavy atom. The molecule has 0 spiro atoms. The molecule has 0 aromatic carbocycles. The standard InChI is InChI=1S/C36H59N9O4/c1-24-26(39-31(23-45(49)36(15,16)17)29(38-24)21-43(47)34(9,10)11)18-41(32(3,4)5)19-28-30(22-44(48)35(12,13)14)40-27(25(2)37-28)20-42(46)33(6,7)8/h20-23H,18-19H2,1-17H3/b42-20-,43-21-,44-22+,45-23+. The second-order valence-electron chi connectivity index (χ2n) is 17.6. The van der Waals surface area contributed by atoms with Gasteiger partial charge in [0.25, 0.3) is 0 Å². The highest BCUT2D eigenvalue weighted by Crippen LogP contribution is 2.23. The molecule has 0 aliphatic rings. The Morgan fingerprint density at radius 2 is 0.796 bits per heavy atom. The second kappa shape index (κ2) is 14.5. The van der Waals surface area contributed by atoms with Crippen molar-refractivity contribution in [2.24, 2.45) is 0 Å². The molecule has 0 saturated heterocycles. The van der Waals surface area contributed by atoms with E-state index in [4.69, 9.17) is 19.9 Å². The Kier molecular flexibility index (Phi) is 12.2. The first-order valence-electron chi connectivity index (χ1n) is 16.7. The van der Waals surface area contributed by atoms with Gasteiger partial charge in [-0.25, -0.2) is 33.9 Å². The lowest BCUT2D eigenvalue weighted by Crippen LogP contribution is -2.41. The summed E-state index contributed by atoms with van der Waals surface area (Å²) in [6.45, 7) is 32.0. The molecule has 49 heavy (non-hydrogen) atoms. The van der Waals surface area contributed by atoms with Gasteiger partial charge in [0.1, 0.15) is 5.69 Å². The first kappa shape index (κ1) is 41.2. The van der Waals surface area contributed by atoms with Crippen LogP contribution in [0.4, 0.5) is 0 Å². The van der Waals surface area contributed by atoms with Gasteiger partial charge < -0.3 is 20.8 Å². The van der Waals surface area contributed by atoms with E-state index in [2.05, 4.69) is 25.7 Å². The van der Waals surface area contributed by atoms with Crippen molar-refractivity contribution in [2.75, 3.05) is 0 Å². The molecule has 2 aromatic rings. The first-order valence-corrected chi connectivity index (χ1v) is 16.7. The molecule has 2 rings (SSSR count). The van der Waals surface area contributed by atoms with Crippen molar-refractivity contribution in [3.05, 3.63) is 66.4 Å². The Balaban J connectivity index is 2.81. The van der Waals surface area contributed by atoms with Crippen molar-refractivity contribution in [3.63, 3.8) is 0 Å². The average Bonchev–Trinajstić information content (AvgIpc) is 2.89. The number of hydrogen-bond acceptors (Lipinski definition) is 9. The number of hydrogen-bond donors (Lipinski definition) is 0. The molecule has 13 nitrogen and oxygen atoms in total. The van der Waals surface area contributed by atoms with Crippen LogP contribution in [0, 0.1) is 34.7 Å². The van der Waals surface area contributed by atoms with Crippen LogP contribution in [0.3, 0.4) is 0 Å². The smallest absolute Gasteiger partial charge is 0.203 e. The molecular formula is C36H59N9O4. The minimum absolute atomic E-state index is 0.280. The summed E-state index contributed by atoms with van der Waals surface area (Å²) in [4.78, 5) is 21.4. The average molecular weight is 682 g/mol. The summed E-state index contributed by atoms with van der Waals surface area (Å²) in [5.74, 6) is 0. The van der Waals surface area contributed by atoms with E-state index >= 15 is 0 Å². The third-order valence-electron chi connectivity index (χ3n) is 7.67. The van der Waals surface area contributed by atoms with Crippen LogP contribution in [0.1, 0.15) is 149 Å². The second-order valence-corrected chi connectivity index (χ2v) is 17.6. The Morgan fingerprint density at radius 1 is 0.449 bits per heavy atom. The number of rotatable bonds is 8. The third-order valence-corrected chi connectivity index (χ3v) is 7.67. The van der Waals surface area contributed by atoms with Crippen molar-refractivity contribution in [3.8, 4) is 0 Å². The Labute approximate surface area is 293 Å². The molecule has 0 bridgehead atoms. The van der Waals surface area contributed by atoms with E-state index in [1.54, 1.807) is 90.0 Å². The van der Waals surface area contributed by atoms with Crippen LogP contribution in [0.2, 0.25) is 0 Å². The van der Waals surface area contributed by atoms with Crippen LogP contribution in [0.15, 0.2) is 0 Å². The van der Waals surface area contributed by atoms with Crippen molar-refractivity contribution >= 4 is 24.9 Å². The van der Waals surface area contributed by atoms with Gasteiger partial charge in [0.2, 0.25) is 24.9 Å². The summed E-state index contributed by atoms with van der Waals surface area (Å²) in [6, 6.07) is 0. The fraction of sp³-hybridized carbons (Fsp3) is 0.667. The molecule has 2 aromatic heterocycles. The molecule has 0 saturated carbocycles. The van der Waals surface area contributed by atoms with E-state index in [9.17, 15) is 20.8 Å². The fourth-order valence-electron chi connectivity index (χ4n) is 3.97. The van der Waals surface area contributed by atoms with Crippen LogP contribution in [0.25, 0.3) is 0 Å². The van der Waals surface area contributed by atoms with Crippen molar-refractivity contribution < 1.29 is 19.0 Å². The molecule has 0 aliphatic carbocycles. The van der Waals surface area contributed by atoms with Gasteiger partial charge in [-0.05, 0) is 34.6 Å². The number of nitrogens with zero attached hydrogens (tertiary/aromatic N) is 9. The minimum atomic E-state index is -0.742. The maximum atomic E-state index is 13.2. The molecule has 0 atom stereocenters. The quantitative estimate of drug-likeness (QED) is 0.150. The molecule has 0 N–H and O–H groups in total. The molecule has 0 fully saturated rings. The van der Waals surface area contributed by atoms with E-state index < -0.39 is 27.7 Å². The van der Waals surface area contributed by atoms with Crippen LogP contribution in [-0.2, 0) is 13.1 Å². The highest BCUT2D eigenvalue weighted by molar-refractivity contribution is 5.87. The topological polar surface area (TPSA) is 159 Å². The van der Waals surface area contributed by atoms with E-state index in [1.165, 1.54) is 24.9 Å². The Bertz CT molecular complexity index is 1640. The van der Waals surface area contributed by atoms with Crippen LogP contribution in [0.5, 0.6) is 0 Å². The predicted octanol–water partition coefficient (Wildman–Crippen LogP) is 5.59. The summed E-state index contributed by atoms with van der Waals surface area (Å²) in [6.07, 6.45) is 5.59. The van der Waals surface area contributed by atoms with Gasteiger partial charge in [-0.15, -0.1) is 0 Å². The SMILES string of the molecule is Cc1nc(CN(Cc2nc(/C=[N+](/[O-])C(C)(C)C)c(/C=[N+](\[O-])C(C)(C)C)nc2C)C(C)(C)C)c(/C=[N+](/[O-])C(C)(C)C)nc1/C=[N+](\[O-])C(C)(C)C. The van der Waals surface area contributed by atoms with Gasteiger partial charge in [-0.2, -0.15) is 0 Å². The van der Waals surface area contributed by atoms with Crippen LogP contribution in [-0.4, -0.2) is 96.3 Å². The zero-order chi connectivity index (χ0) is 38.1. The molecule has 0 aliphatic heterocycles. The van der Waals surface area contributed by atoms with E-state index in [-0.39, 0.29) is 12.2 Å². The minimum Gasteiger partial charge on any atom is -0.623 e. The highest BCUT2D eigenvalue weighted by atomic mass is 16.5. The maximum Gasteiger partial charge on any atom is 0.203 e. The van der Waals surface area contributed by atoms with Crippen molar-refractivity contribution in [1.82, 2.24) is 24.8 Å². The van der Waals surface area contributed by atoms with Gasteiger partial charge >= 0.3 is 0 Å². The maximum absolute atomic E-state index is 13.2. The number of hydroxylamine groups is 4. The summed E-state index contributed by atoms with van der Waals surface area (Å²) in [5.41, 5.74) is 0.308. The van der Waals surface area contributed by atoms with E-state index in [0.717, 1.165) is 19.0 Å². The van der Waals surface area contributed by atoms with Gasteiger partial charge in [-0.1, -0.05) is 0 Å². The first-order chi connectivity index (χ1) is 21.9. The van der Waals surface area contributed by atoms with Gasteiger partial charge in [-0.3, -0.25) is 9.88 Å². The normalized spacial score (nSPS) is 15.0. The molecule has 2 heterocycles. The fourth-order valence-corrected chi connectivity index (χ4v) is 3.97. The zero-order valence-electron chi connectivity index (χ0n) is 32.9.